The highest BCUT2D eigenvalue weighted by atomic mass is 16.6. The first-order valence-electron chi connectivity index (χ1n) is 3.49. The number of hydrogen-bond acceptors (Lipinski definition) is 4. The predicted octanol–water partition coefficient (Wildman–Crippen LogP) is -0.466. The average molecular weight is 167 g/mol. The van der Waals surface area contributed by atoms with Crippen molar-refractivity contribution in [2.45, 2.75) is 12.8 Å². The highest BCUT2D eigenvalue weighted by Gasteiger charge is 2.42. The number of imide groups is 1. The van der Waals surface area contributed by atoms with E-state index in [2.05, 4.69) is 4.74 Å². The summed E-state index contributed by atoms with van der Waals surface area (Å²) in [5.74, 6) is -2.16. The second kappa shape index (κ2) is 2.17. The summed E-state index contributed by atoms with van der Waals surface area (Å²) in [6.07, 6.45) is 2.33. The lowest BCUT2D eigenvalue weighted by atomic mass is 10.2. The summed E-state index contributed by atoms with van der Waals surface area (Å²) in [6.45, 7) is 0. The van der Waals surface area contributed by atoms with Gasteiger partial charge in [0.1, 0.15) is 0 Å². The molecule has 62 valence electrons. The van der Waals surface area contributed by atoms with Crippen LogP contribution in [0.5, 0.6) is 0 Å². The molecule has 0 N–H and O–H groups in total. The molecule has 0 radical (unpaired) electrons. The van der Waals surface area contributed by atoms with Crippen LogP contribution in [0.1, 0.15) is 12.8 Å². The lowest BCUT2D eigenvalue weighted by Crippen LogP contribution is -2.34. The molecule has 5 nitrogen and oxygen atoms in total. The van der Waals surface area contributed by atoms with Gasteiger partial charge >= 0.3 is 11.9 Å². The normalized spacial score (nSPS) is 22.2. The standard InChI is InChI=1S/C7H5NO4/c9-4-2-1-3-5-8(4)6(10)7(11)12-5/h3H,1-2H2. The second-order valence-corrected chi connectivity index (χ2v) is 2.50. The maximum Gasteiger partial charge on any atom is 0.404 e. The molecule has 0 spiro atoms. The van der Waals surface area contributed by atoms with Gasteiger partial charge in [0.15, 0.2) is 0 Å². The van der Waals surface area contributed by atoms with Crippen molar-refractivity contribution in [2.75, 3.05) is 0 Å². The van der Waals surface area contributed by atoms with Crippen molar-refractivity contribution in [1.29, 1.82) is 0 Å². The fourth-order valence-corrected chi connectivity index (χ4v) is 1.18. The molecule has 2 heterocycles. The van der Waals surface area contributed by atoms with E-state index in [0.717, 1.165) is 4.90 Å². The van der Waals surface area contributed by atoms with Gasteiger partial charge in [0, 0.05) is 6.42 Å². The largest absolute Gasteiger partial charge is 0.404 e. The molecule has 5 heteroatoms. The maximum atomic E-state index is 11.1. The summed E-state index contributed by atoms with van der Waals surface area (Å²) in [7, 11) is 0. The first-order valence-corrected chi connectivity index (χ1v) is 3.49. The van der Waals surface area contributed by atoms with E-state index in [0.29, 0.717) is 6.42 Å². The Morgan fingerprint density at radius 1 is 1.33 bits per heavy atom. The molecule has 2 amide bonds. The summed E-state index contributed by atoms with van der Waals surface area (Å²) in [5.41, 5.74) is 0. The molecule has 0 aromatic carbocycles. The SMILES string of the molecule is O=C1OC2=CCCC(=O)N2C1=O. The highest BCUT2D eigenvalue weighted by molar-refractivity contribution is 6.38. The van der Waals surface area contributed by atoms with Gasteiger partial charge in [0.2, 0.25) is 11.8 Å². The zero-order valence-corrected chi connectivity index (χ0v) is 6.07. The molecular formula is C7H5NO4. The molecule has 2 aliphatic heterocycles. The van der Waals surface area contributed by atoms with Crippen LogP contribution in [0, 0.1) is 0 Å². The number of ether oxygens (including phenoxy) is 1. The second-order valence-electron chi connectivity index (χ2n) is 2.50. The number of carbonyl (C=O) groups is 3. The van der Waals surface area contributed by atoms with Crippen LogP contribution in [0.2, 0.25) is 0 Å². The molecule has 2 rings (SSSR count). The minimum Gasteiger partial charge on any atom is -0.402 e. The Hall–Kier alpha value is -1.65. The van der Waals surface area contributed by atoms with Crippen LogP contribution in [0.4, 0.5) is 0 Å². The van der Waals surface area contributed by atoms with Gasteiger partial charge in [0.25, 0.3) is 0 Å². The van der Waals surface area contributed by atoms with Crippen LogP contribution in [-0.2, 0) is 19.1 Å². The Kier molecular flexibility index (Phi) is 1.27. The number of nitrogens with zero attached hydrogens (tertiary/aromatic N) is 1. The molecule has 0 unspecified atom stereocenters. The van der Waals surface area contributed by atoms with E-state index in [9.17, 15) is 14.4 Å². The molecule has 0 aliphatic carbocycles. The zero-order chi connectivity index (χ0) is 8.72. The smallest absolute Gasteiger partial charge is 0.402 e. The molecule has 0 bridgehead atoms. The molecular weight excluding hydrogens is 162 g/mol. The lowest BCUT2D eigenvalue weighted by molar-refractivity contribution is -0.150. The van der Waals surface area contributed by atoms with Gasteiger partial charge in [-0.25, -0.2) is 9.69 Å². The highest BCUT2D eigenvalue weighted by Crippen LogP contribution is 2.23. The van der Waals surface area contributed by atoms with E-state index in [1.807, 2.05) is 0 Å². The Bertz CT molecular complexity index is 317. The Morgan fingerprint density at radius 2 is 2.08 bits per heavy atom. The van der Waals surface area contributed by atoms with Crippen LogP contribution < -0.4 is 0 Å². The molecule has 0 saturated carbocycles. The van der Waals surface area contributed by atoms with Gasteiger partial charge in [-0.1, -0.05) is 0 Å². The fraction of sp³-hybridized carbons (Fsp3) is 0.286. The van der Waals surface area contributed by atoms with Crippen molar-refractivity contribution in [2.24, 2.45) is 0 Å². The van der Waals surface area contributed by atoms with E-state index in [-0.39, 0.29) is 18.2 Å². The van der Waals surface area contributed by atoms with Crippen molar-refractivity contribution < 1.29 is 19.1 Å². The number of carbonyl (C=O) groups excluding carboxylic acids is 3. The third-order valence-electron chi connectivity index (χ3n) is 1.72. The lowest BCUT2D eigenvalue weighted by Gasteiger charge is -2.15. The summed E-state index contributed by atoms with van der Waals surface area (Å²) < 4.78 is 4.53. The third-order valence-corrected chi connectivity index (χ3v) is 1.72. The van der Waals surface area contributed by atoms with Crippen molar-refractivity contribution in [3.8, 4) is 0 Å². The summed E-state index contributed by atoms with van der Waals surface area (Å²) >= 11 is 0. The molecule has 1 fully saturated rings. The number of amides is 2. The summed E-state index contributed by atoms with van der Waals surface area (Å²) in [5, 5.41) is 0. The first kappa shape index (κ1) is 7.02. The molecule has 1 saturated heterocycles. The molecule has 0 aromatic heterocycles. The van der Waals surface area contributed by atoms with Gasteiger partial charge in [-0.15, -0.1) is 0 Å². The Morgan fingerprint density at radius 3 is 2.75 bits per heavy atom. The molecule has 0 atom stereocenters. The van der Waals surface area contributed by atoms with Crippen molar-refractivity contribution >= 4 is 17.8 Å². The van der Waals surface area contributed by atoms with E-state index >= 15 is 0 Å². The van der Waals surface area contributed by atoms with Crippen LogP contribution in [0.25, 0.3) is 0 Å². The number of fused-ring (bicyclic) bond motifs is 1. The topological polar surface area (TPSA) is 63.7 Å². The van der Waals surface area contributed by atoms with E-state index in [1.54, 1.807) is 6.08 Å². The number of allylic oxidation sites excluding steroid dienone is 1. The predicted molar refractivity (Wildman–Crippen MR) is 35.3 cm³/mol. The summed E-state index contributed by atoms with van der Waals surface area (Å²) in [6, 6.07) is 0. The van der Waals surface area contributed by atoms with Crippen LogP contribution in [-0.4, -0.2) is 22.7 Å². The third kappa shape index (κ3) is 0.761. The molecule has 0 aromatic rings. The number of rotatable bonds is 0. The summed E-state index contributed by atoms with van der Waals surface area (Å²) in [4.78, 5) is 33.5. The quantitative estimate of drug-likeness (QED) is 0.278. The van der Waals surface area contributed by atoms with Crippen LogP contribution >= 0.6 is 0 Å². The van der Waals surface area contributed by atoms with E-state index in [1.165, 1.54) is 0 Å². The van der Waals surface area contributed by atoms with Gasteiger partial charge in [0.05, 0.1) is 0 Å². The maximum absolute atomic E-state index is 11.1. The number of esters is 1. The monoisotopic (exact) mass is 167 g/mol. The van der Waals surface area contributed by atoms with Gasteiger partial charge < -0.3 is 4.74 Å². The van der Waals surface area contributed by atoms with E-state index < -0.39 is 11.9 Å². The van der Waals surface area contributed by atoms with Gasteiger partial charge in [-0.3, -0.25) is 9.59 Å². The van der Waals surface area contributed by atoms with Crippen LogP contribution in [0.3, 0.4) is 0 Å². The van der Waals surface area contributed by atoms with Gasteiger partial charge in [-0.2, -0.15) is 0 Å². The zero-order valence-electron chi connectivity index (χ0n) is 6.07. The Labute approximate surface area is 67.6 Å². The molecule has 12 heavy (non-hydrogen) atoms. The number of hydrogen-bond donors (Lipinski definition) is 0. The van der Waals surface area contributed by atoms with Crippen molar-refractivity contribution in [3.63, 3.8) is 0 Å². The van der Waals surface area contributed by atoms with Crippen molar-refractivity contribution in [3.05, 3.63) is 12.0 Å². The van der Waals surface area contributed by atoms with Crippen molar-refractivity contribution in [1.82, 2.24) is 4.90 Å². The van der Waals surface area contributed by atoms with E-state index in [4.69, 9.17) is 0 Å². The molecule has 2 aliphatic rings. The van der Waals surface area contributed by atoms with Gasteiger partial charge in [-0.05, 0) is 12.5 Å². The minimum atomic E-state index is -0.975. The first-order chi connectivity index (χ1) is 5.70. The minimum absolute atomic E-state index is 0.0706. The van der Waals surface area contributed by atoms with Crippen LogP contribution in [0.15, 0.2) is 12.0 Å². The average Bonchev–Trinajstić information content (AvgIpc) is 2.29. The fourth-order valence-electron chi connectivity index (χ4n) is 1.18. The Balaban J connectivity index is 2.43.